The first-order valence-corrected chi connectivity index (χ1v) is 8.81. The van der Waals surface area contributed by atoms with Crippen molar-refractivity contribution in [2.45, 2.75) is 46.0 Å². The Balaban J connectivity index is 0.00000364. The number of dihydropyridines is 1. The van der Waals surface area contributed by atoms with Crippen molar-refractivity contribution in [2.24, 2.45) is 0 Å². The quantitative estimate of drug-likeness (QED) is 0.370. The molecule has 0 amide bonds. The molecular weight excluding hydrogens is 368 g/mol. The summed E-state index contributed by atoms with van der Waals surface area (Å²) in [5, 5.41) is 12.7. The van der Waals surface area contributed by atoms with Gasteiger partial charge in [0, 0.05) is 17.1 Å². The fourth-order valence-corrected chi connectivity index (χ4v) is 3.21. The van der Waals surface area contributed by atoms with Crippen LogP contribution in [0.2, 0.25) is 0 Å². The first-order chi connectivity index (χ1) is 12.4. The molecular formula is C20H27ClN2O4. The van der Waals surface area contributed by atoms with Crippen molar-refractivity contribution in [2.75, 3.05) is 12.3 Å². The van der Waals surface area contributed by atoms with Gasteiger partial charge in [0.05, 0.1) is 23.7 Å². The van der Waals surface area contributed by atoms with E-state index in [4.69, 9.17) is 10.5 Å². The molecule has 1 aromatic rings. The van der Waals surface area contributed by atoms with Crippen molar-refractivity contribution in [1.82, 2.24) is 5.32 Å². The maximum atomic E-state index is 12.7. The molecule has 0 saturated carbocycles. The van der Waals surface area contributed by atoms with E-state index in [0.717, 1.165) is 19.3 Å². The molecule has 1 aliphatic rings. The second-order valence-corrected chi connectivity index (χ2v) is 6.45. The largest absolute Gasteiger partial charge is 0.478 e. The number of halogens is 1. The van der Waals surface area contributed by atoms with Crippen LogP contribution in [0.5, 0.6) is 0 Å². The number of carbonyl (C=O) groups excluding carboxylic acids is 1. The van der Waals surface area contributed by atoms with E-state index in [0.29, 0.717) is 34.8 Å². The van der Waals surface area contributed by atoms with Crippen molar-refractivity contribution >= 4 is 30.0 Å². The number of benzene rings is 1. The highest BCUT2D eigenvalue weighted by Gasteiger charge is 2.37. The number of nitrogens with one attached hydrogen (secondary N) is 1. The number of anilines is 1. The highest BCUT2D eigenvalue weighted by molar-refractivity contribution is 5.99. The first kappa shape index (κ1) is 22.6. The van der Waals surface area contributed by atoms with Crippen LogP contribution in [0.4, 0.5) is 5.69 Å². The number of carboxylic acid groups (broad SMARTS) is 1. The van der Waals surface area contributed by atoms with Crippen molar-refractivity contribution in [3.63, 3.8) is 0 Å². The van der Waals surface area contributed by atoms with Crippen LogP contribution in [0.1, 0.15) is 51.5 Å². The fourth-order valence-electron chi connectivity index (χ4n) is 3.21. The van der Waals surface area contributed by atoms with Crippen LogP contribution in [0.15, 0.2) is 46.8 Å². The van der Waals surface area contributed by atoms with E-state index in [9.17, 15) is 14.7 Å². The van der Waals surface area contributed by atoms with Crippen LogP contribution in [-0.2, 0) is 14.3 Å². The summed E-state index contributed by atoms with van der Waals surface area (Å²) in [5.41, 5.74) is 8.59. The maximum Gasteiger partial charge on any atom is 0.336 e. The predicted molar refractivity (Wildman–Crippen MR) is 107 cm³/mol. The Kier molecular flexibility index (Phi) is 8.37. The minimum atomic E-state index is -1.08. The van der Waals surface area contributed by atoms with E-state index in [1.54, 1.807) is 38.1 Å². The molecule has 4 N–H and O–H groups in total. The third kappa shape index (κ3) is 5.26. The molecule has 1 unspecified atom stereocenters. The number of ether oxygens (including phenoxy) is 1. The Labute approximate surface area is 165 Å². The van der Waals surface area contributed by atoms with Gasteiger partial charge in [-0.1, -0.05) is 31.9 Å². The van der Waals surface area contributed by atoms with Crippen LogP contribution >= 0.6 is 12.4 Å². The van der Waals surface area contributed by atoms with Crippen LogP contribution in [-0.4, -0.2) is 23.7 Å². The Morgan fingerprint density at radius 3 is 2.44 bits per heavy atom. The summed E-state index contributed by atoms with van der Waals surface area (Å²) in [6.45, 7) is 5.83. The van der Waals surface area contributed by atoms with Gasteiger partial charge in [0.2, 0.25) is 0 Å². The highest BCUT2D eigenvalue weighted by Crippen LogP contribution is 2.39. The summed E-state index contributed by atoms with van der Waals surface area (Å²) >= 11 is 0. The van der Waals surface area contributed by atoms with Crippen LogP contribution in [0, 0.1) is 0 Å². The van der Waals surface area contributed by atoms with E-state index in [2.05, 4.69) is 12.2 Å². The van der Waals surface area contributed by atoms with Crippen molar-refractivity contribution in [3.05, 3.63) is 52.4 Å². The molecule has 1 aliphatic heterocycles. The SMILES string of the molecule is CCCCCOC(=O)C1=C(C)NC(C)=C(C(=O)O)C1c1cccc(N)c1.Cl. The summed E-state index contributed by atoms with van der Waals surface area (Å²) in [6, 6.07) is 6.95. The van der Waals surface area contributed by atoms with Gasteiger partial charge in [-0.3, -0.25) is 0 Å². The number of unbranched alkanes of at least 4 members (excludes halogenated alkanes) is 2. The summed E-state index contributed by atoms with van der Waals surface area (Å²) in [4.78, 5) is 24.7. The van der Waals surface area contributed by atoms with Gasteiger partial charge < -0.3 is 20.9 Å². The molecule has 0 fully saturated rings. The summed E-state index contributed by atoms with van der Waals surface area (Å²) < 4.78 is 5.42. The summed E-state index contributed by atoms with van der Waals surface area (Å²) in [6.07, 6.45) is 2.78. The van der Waals surface area contributed by atoms with Gasteiger partial charge >= 0.3 is 11.9 Å². The lowest BCUT2D eigenvalue weighted by molar-refractivity contribution is -0.139. The Morgan fingerprint density at radius 1 is 1.19 bits per heavy atom. The number of allylic oxidation sites excluding steroid dienone is 2. The molecule has 6 nitrogen and oxygen atoms in total. The maximum absolute atomic E-state index is 12.7. The molecule has 0 saturated heterocycles. The second kappa shape index (κ2) is 10.0. The van der Waals surface area contributed by atoms with Gasteiger partial charge in [-0.25, -0.2) is 9.59 Å². The third-order valence-electron chi connectivity index (χ3n) is 4.44. The minimum Gasteiger partial charge on any atom is -0.478 e. The number of rotatable bonds is 7. The number of carboxylic acids is 1. The van der Waals surface area contributed by atoms with Gasteiger partial charge in [0.1, 0.15) is 0 Å². The zero-order valence-electron chi connectivity index (χ0n) is 15.9. The van der Waals surface area contributed by atoms with E-state index in [1.165, 1.54) is 0 Å². The second-order valence-electron chi connectivity index (χ2n) is 6.45. The third-order valence-corrected chi connectivity index (χ3v) is 4.44. The topological polar surface area (TPSA) is 102 Å². The normalized spacial score (nSPS) is 16.5. The molecule has 0 aliphatic carbocycles. The molecule has 0 spiro atoms. The van der Waals surface area contributed by atoms with Gasteiger partial charge in [0.25, 0.3) is 0 Å². The Bertz CT molecular complexity index is 771. The monoisotopic (exact) mass is 394 g/mol. The van der Waals surface area contributed by atoms with Crippen molar-refractivity contribution in [3.8, 4) is 0 Å². The molecule has 1 atom stereocenters. The number of carbonyl (C=O) groups is 2. The highest BCUT2D eigenvalue weighted by atomic mass is 35.5. The molecule has 0 radical (unpaired) electrons. The van der Waals surface area contributed by atoms with Gasteiger partial charge in [0.15, 0.2) is 0 Å². The first-order valence-electron chi connectivity index (χ1n) is 8.81. The lowest BCUT2D eigenvalue weighted by Gasteiger charge is -2.29. The van der Waals surface area contributed by atoms with E-state index >= 15 is 0 Å². The summed E-state index contributed by atoms with van der Waals surface area (Å²) in [5.74, 6) is -2.30. The molecule has 1 aromatic carbocycles. The lowest BCUT2D eigenvalue weighted by Crippen LogP contribution is -2.32. The Hall–Kier alpha value is -2.47. The molecule has 1 heterocycles. The number of aliphatic carboxylic acids is 1. The lowest BCUT2D eigenvalue weighted by atomic mass is 9.80. The standard InChI is InChI=1S/C20H26N2O4.ClH/c1-4-5-6-10-26-20(25)17-13(3)22-12(2)16(19(23)24)18(17)14-8-7-9-15(21)11-14;/h7-9,11,18,22H,4-6,10,21H2,1-3H3,(H,23,24);1H. The van der Waals surface area contributed by atoms with E-state index in [-0.39, 0.29) is 18.0 Å². The molecule has 0 aromatic heterocycles. The van der Waals surface area contributed by atoms with E-state index in [1.807, 2.05) is 0 Å². The zero-order valence-corrected chi connectivity index (χ0v) is 16.7. The van der Waals surface area contributed by atoms with Gasteiger partial charge in [-0.05, 0) is 38.0 Å². The fraction of sp³-hybridized carbons (Fsp3) is 0.400. The average molecular weight is 395 g/mol. The van der Waals surface area contributed by atoms with E-state index < -0.39 is 17.9 Å². The number of nitrogen functional groups attached to an aromatic ring is 1. The van der Waals surface area contributed by atoms with Crippen molar-refractivity contribution < 1.29 is 19.4 Å². The van der Waals surface area contributed by atoms with Gasteiger partial charge in [-0.15, -0.1) is 12.4 Å². The van der Waals surface area contributed by atoms with Crippen LogP contribution in [0.3, 0.4) is 0 Å². The Morgan fingerprint density at radius 2 is 1.85 bits per heavy atom. The predicted octanol–water partition coefficient (Wildman–Crippen LogP) is 3.74. The molecule has 148 valence electrons. The summed E-state index contributed by atoms with van der Waals surface area (Å²) in [7, 11) is 0. The number of hydrogen-bond donors (Lipinski definition) is 3. The van der Waals surface area contributed by atoms with Crippen LogP contribution < -0.4 is 11.1 Å². The number of hydrogen-bond acceptors (Lipinski definition) is 5. The van der Waals surface area contributed by atoms with Gasteiger partial charge in [-0.2, -0.15) is 0 Å². The van der Waals surface area contributed by atoms with Crippen molar-refractivity contribution in [1.29, 1.82) is 0 Å². The smallest absolute Gasteiger partial charge is 0.336 e. The zero-order chi connectivity index (χ0) is 19.3. The molecule has 0 bridgehead atoms. The molecule has 7 heteroatoms. The van der Waals surface area contributed by atoms with Crippen LogP contribution in [0.25, 0.3) is 0 Å². The molecule has 2 rings (SSSR count). The average Bonchev–Trinajstić information content (AvgIpc) is 2.57. The number of esters is 1. The molecule has 27 heavy (non-hydrogen) atoms. The number of nitrogens with two attached hydrogens (primary N) is 1. The minimum absolute atomic E-state index is 0.